The third kappa shape index (κ3) is 5.17. The number of unbranched alkanes of at least 4 members (excludes halogenated alkanes) is 1. The Morgan fingerprint density at radius 2 is 2.15 bits per heavy atom. The van der Waals surface area contributed by atoms with Gasteiger partial charge in [-0.1, -0.05) is 19.4 Å². The van der Waals surface area contributed by atoms with Gasteiger partial charge in [0.05, 0.1) is 16.4 Å². The third-order valence-corrected chi connectivity index (χ3v) is 6.14. The highest BCUT2D eigenvalue weighted by atomic mass is 32.2. The lowest BCUT2D eigenvalue weighted by Gasteiger charge is -2.28. The number of nitro groups is 1. The number of hydrogen-bond donors (Lipinski definition) is 0. The summed E-state index contributed by atoms with van der Waals surface area (Å²) in [6.07, 6.45) is 2.04. The van der Waals surface area contributed by atoms with Gasteiger partial charge in [0.25, 0.3) is 5.91 Å². The number of aryl methyl sites for hydroxylation is 1. The van der Waals surface area contributed by atoms with Crippen LogP contribution in [-0.2, 0) is 14.6 Å². The van der Waals surface area contributed by atoms with E-state index in [1.807, 2.05) is 6.92 Å². The fraction of sp³-hybridized carbons (Fsp3) is 0.588. The Morgan fingerprint density at radius 3 is 2.73 bits per heavy atom. The highest BCUT2D eigenvalue weighted by Gasteiger charge is 2.34. The normalized spacial score (nSPS) is 18.5. The van der Waals surface area contributed by atoms with Gasteiger partial charge in [0.2, 0.25) is 0 Å². The van der Waals surface area contributed by atoms with Crippen LogP contribution >= 0.6 is 0 Å². The van der Waals surface area contributed by atoms with Crippen molar-refractivity contribution in [2.45, 2.75) is 39.2 Å². The second kappa shape index (κ2) is 8.48. The predicted octanol–water partition coefficient (Wildman–Crippen LogP) is 2.10. The number of carbonyl (C=O) groups is 1. The zero-order chi connectivity index (χ0) is 19.3. The van der Waals surface area contributed by atoms with Gasteiger partial charge >= 0.3 is 5.69 Å². The number of carbonyl (C=O) groups excluding carboxylic acids is 1. The van der Waals surface area contributed by atoms with Crippen LogP contribution in [0.2, 0.25) is 0 Å². The maximum Gasteiger partial charge on any atom is 0.310 e. The van der Waals surface area contributed by atoms with Crippen molar-refractivity contribution < 1.29 is 22.9 Å². The Hall–Kier alpha value is -2.16. The van der Waals surface area contributed by atoms with Crippen molar-refractivity contribution >= 4 is 21.4 Å². The number of amides is 1. The van der Waals surface area contributed by atoms with Crippen LogP contribution in [0.3, 0.4) is 0 Å². The molecular weight excluding hydrogens is 360 g/mol. The van der Waals surface area contributed by atoms with Gasteiger partial charge in [-0.3, -0.25) is 14.9 Å². The predicted molar refractivity (Wildman–Crippen MR) is 97.0 cm³/mol. The molecule has 1 aromatic rings. The summed E-state index contributed by atoms with van der Waals surface area (Å²) in [5.41, 5.74) is 0.578. The minimum absolute atomic E-state index is 0.0347. The number of nitrogens with zero attached hydrogens (tertiary/aromatic N) is 2. The molecule has 26 heavy (non-hydrogen) atoms. The first kappa shape index (κ1) is 20.2. The largest absolute Gasteiger partial charge is 0.477 e. The highest BCUT2D eigenvalue weighted by Crippen LogP contribution is 2.28. The summed E-state index contributed by atoms with van der Waals surface area (Å²) in [7, 11) is -3.11. The van der Waals surface area contributed by atoms with E-state index in [1.165, 1.54) is 12.1 Å². The number of rotatable bonds is 8. The van der Waals surface area contributed by atoms with Crippen molar-refractivity contribution in [1.82, 2.24) is 4.90 Å². The van der Waals surface area contributed by atoms with Gasteiger partial charge in [-0.25, -0.2) is 8.42 Å². The first-order chi connectivity index (χ1) is 12.2. The van der Waals surface area contributed by atoms with Gasteiger partial charge < -0.3 is 9.64 Å². The fourth-order valence-electron chi connectivity index (χ4n) is 2.97. The summed E-state index contributed by atoms with van der Waals surface area (Å²) in [6.45, 7) is 3.86. The molecule has 0 aromatic heterocycles. The van der Waals surface area contributed by atoms with Crippen LogP contribution < -0.4 is 4.74 Å². The van der Waals surface area contributed by atoms with Crippen LogP contribution in [0, 0.1) is 17.0 Å². The average molecular weight is 384 g/mol. The van der Waals surface area contributed by atoms with E-state index in [2.05, 4.69) is 0 Å². The first-order valence-electron chi connectivity index (χ1n) is 8.61. The molecule has 1 unspecified atom stereocenters. The molecule has 1 aromatic carbocycles. The molecule has 9 heteroatoms. The van der Waals surface area contributed by atoms with E-state index in [0.29, 0.717) is 13.0 Å². The molecule has 1 aliphatic rings. The van der Waals surface area contributed by atoms with E-state index in [9.17, 15) is 23.3 Å². The maximum absolute atomic E-state index is 12.6. The van der Waals surface area contributed by atoms with Crippen LogP contribution in [0.4, 0.5) is 5.69 Å². The van der Waals surface area contributed by atoms with Crippen LogP contribution in [-0.4, -0.2) is 54.8 Å². The van der Waals surface area contributed by atoms with Gasteiger partial charge in [0.15, 0.2) is 22.2 Å². The zero-order valence-electron chi connectivity index (χ0n) is 15.0. The van der Waals surface area contributed by atoms with Crippen LogP contribution in [0.5, 0.6) is 5.75 Å². The molecule has 1 saturated heterocycles. The van der Waals surface area contributed by atoms with Crippen LogP contribution in [0.15, 0.2) is 18.2 Å². The Labute approximate surface area is 153 Å². The van der Waals surface area contributed by atoms with Gasteiger partial charge in [0, 0.05) is 18.7 Å². The van der Waals surface area contributed by atoms with Gasteiger partial charge in [-0.15, -0.1) is 0 Å². The van der Waals surface area contributed by atoms with E-state index in [-0.39, 0.29) is 41.5 Å². The van der Waals surface area contributed by atoms with Crippen molar-refractivity contribution in [1.29, 1.82) is 0 Å². The minimum atomic E-state index is -3.11. The average Bonchev–Trinajstić information content (AvgIpc) is 2.92. The van der Waals surface area contributed by atoms with Crippen LogP contribution in [0.25, 0.3) is 0 Å². The van der Waals surface area contributed by atoms with E-state index >= 15 is 0 Å². The molecule has 1 atom stereocenters. The number of benzene rings is 1. The summed E-state index contributed by atoms with van der Waals surface area (Å²) in [6, 6.07) is 4.11. The lowest BCUT2D eigenvalue weighted by atomic mass is 10.2. The Bertz CT molecular complexity index is 777. The smallest absolute Gasteiger partial charge is 0.310 e. The fourth-order valence-corrected chi connectivity index (χ4v) is 4.70. The van der Waals surface area contributed by atoms with Gasteiger partial charge in [0.1, 0.15) is 0 Å². The number of sulfone groups is 1. The number of nitro benzene ring substituents is 1. The van der Waals surface area contributed by atoms with E-state index in [1.54, 1.807) is 17.9 Å². The standard InChI is InChI=1S/C17H24N2O6S/c1-3-4-8-18(14-7-9-26(23,24)12-14)17(20)11-25-16-10-13(2)5-6-15(16)19(21)22/h5-6,10,14H,3-4,7-9,11-12H2,1-2H3. The molecule has 0 bridgehead atoms. The molecule has 0 N–H and O–H groups in total. The summed E-state index contributed by atoms with van der Waals surface area (Å²) >= 11 is 0. The SMILES string of the molecule is CCCCN(C(=O)COc1cc(C)ccc1[N+](=O)[O-])C1CCS(=O)(=O)C1. The van der Waals surface area contributed by atoms with Crippen molar-refractivity contribution in [2.75, 3.05) is 24.7 Å². The summed E-state index contributed by atoms with van der Waals surface area (Å²) in [4.78, 5) is 24.7. The summed E-state index contributed by atoms with van der Waals surface area (Å²) < 4.78 is 28.9. The number of ether oxygens (including phenoxy) is 1. The monoisotopic (exact) mass is 384 g/mol. The molecule has 1 amide bonds. The second-order valence-corrected chi connectivity index (χ2v) is 8.74. The second-order valence-electron chi connectivity index (χ2n) is 6.51. The number of hydrogen-bond acceptors (Lipinski definition) is 6. The lowest BCUT2D eigenvalue weighted by Crippen LogP contribution is -2.44. The van der Waals surface area contributed by atoms with Crippen LogP contribution in [0.1, 0.15) is 31.7 Å². The molecular formula is C17H24N2O6S. The molecule has 1 heterocycles. The molecule has 144 valence electrons. The lowest BCUT2D eigenvalue weighted by molar-refractivity contribution is -0.385. The molecule has 1 fully saturated rings. The molecule has 0 radical (unpaired) electrons. The van der Waals surface area contributed by atoms with E-state index < -0.39 is 14.8 Å². The van der Waals surface area contributed by atoms with E-state index in [0.717, 1.165) is 18.4 Å². The van der Waals surface area contributed by atoms with E-state index in [4.69, 9.17) is 4.74 Å². The van der Waals surface area contributed by atoms with Crippen molar-refractivity contribution in [3.8, 4) is 5.75 Å². The quantitative estimate of drug-likeness (QED) is 0.502. The summed E-state index contributed by atoms with van der Waals surface area (Å²) in [5.74, 6) is -0.264. The Morgan fingerprint density at radius 1 is 1.42 bits per heavy atom. The van der Waals surface area contributed by atoms with Gasteiger partial charge in [-0.05, 0) is 31.4 Å². The molecule has 0 saturated carbocycles. The first-order valence-corrected chi connectivity index (χ1v) is 10.4. The summed E-state index contributed by atoms with van der Waals surface area (Å²) in [5, 5.41) is 11.1. The topological polar surface area (TPSA) is 107 Å². The third-order valence-electron chi connectivity index (χ3n) is 4.39. The maximum atomic E-state index is 12.6. The zero-order valence-corrected chi connectivity index (χ0v) is 15.8. The highest BCUT2D eigenvalue weighted by molar-refractivity contribution is 7.91. The molecule has 0 spiro atoms. The van der Waals surface area contributed by atoms with Crippen molar-refractivity contribution in [3.63, 3.8) is 0 Å². The van der Waals surface area contributed by atoms with Gasteiger partial charge in [-0.2, -0.15) is 0 Å². The molecule has 2 rings (SSSR count). The van der Waals surface area contributed by atoms with Crippen molar-refractivity contribution in [2.24, 2.45) is 0 Å². The molecule has 0 aliphatic carbocycles. The Balaban J connectivity index is 2.10. The minimum Gasteiger partial charge on any atom is -0.477 e. The molecule has 8 nitrogen and oxygen atoms in total. The van der Waals surface area contributed by atoms with Crippen molar-refractivity contribution in [3.05, 3.63) is 33.9 Å². The molecule has 1 aliphatic heterocycles. The Kier molecular flexibility index (Phi) is 6.57.